The third kappa shape index (κ3) is 2.04. The van der Waals surface area contributed by atoms with Crippen LogP contribution in [0.4, 0.5) is 0 Å². The van der Waals surface area contributed by atoms with Crippen LogP contribution in [0.15, 0.2) is 5.38 Å². The first kappa shape index (κ1) is 10.3. The minimum absolute atomic E-state index is 0.0881. The van der Waals surface area contributed by atoms with E-state index in [1.807, 2.05) is 17.1 Å². The van der Waals surface area contributed by atoms with Gasteiger partial charge in [-0.1, -0.05) is 11.3 Å². The Hall–Kier alpha value is -0.260. The smallest absolute Gasteiger partial charge is 0.273 e. The Labute approximate surface area is 92.1 Å². The van der Waals surface area contributed by atoms with Gasteiger partial charge in [0.15, 0.2) is 0 Å². The second kappa shape index (κ2) is 4.51. The van der Waals surface area contributed by atoms with Gasteiger partial charge in [-0.25, -0.2) is 4.98 Å². The molecule has 78 valence electrons. The molecule has 2 heterocycles. The first-order valence-corrected chi connectivity index (χ1v) is 6.67. The van der Waals surface area contributed by atoms with Crippen molar-refractivity contribution in [3.05, 3.63) is 11.1 Å². The van der Waals surface area contributed by atoms with E-state index in [9.17, 15) is 0 Å². The van der Waals surface area contributed by atoms with Crippen molar-refractivity contribution < 1.29 is 4.74 Å². The Morgan fingerprint density at radius 2 is 2.57 bits per heavy atom. The van der Waals surface area contributed by atoms with Crippen LogP contribution < -0.4 is 10.5 Å². The van der Waals surface area contributed by atoms with Crippen molar-refractivity contribution in [3.63, 3.8) is 0 Å². The van der Waals surface area contributed by atoms with Crippen LogP contribution in [0.5, 0.6) is 5.19 Å². The Bertz CT molecular complexity index is 297. The molecule has 3 nitrogen and oxygen atoms in total. The van der Waals surface area contributed by atoms with Crippen LogP contribution in [0.2, 0.25) is 0 Å². The van der Waals surface area contributed by atoms with Crippen molar-refractivity contribution in [3.8, 4) is 5.19 Å². The third-order valence-electron chi connectivity index (χ3n) is 2.49. The molecule has 1 aromatic rings. The number of rotatable bonds is 3. The zero-order valence-corrected chi connectivity index (χ0v) is 9.74. The maximum atomic E-state index is 6.14. The van der Waals surface area contributed by atoms with Gasteiger partial charge in [-0.15, -0.1) is 0 Å². The number of hydrogen-bond donors (Lipinski definition) is 1. The van der Waals surface area contributed by atoms with Gasteiger partial charge < -0.3 is 10.5 Å². The second-order valence-electron chi connectivity index (χ2n) is 3.39. The molecule has 0 radical (unpaired) electrons. The molecule has 1 saturated heterocycles. The van der Waals surface area contributed by atoms with Crippen LogP contribution in [0.3, 0.4) is 0 Å². The van der Waals surface area contributed by atoms with Gasteiger partial charge in [0.1, 0.15) is 0 Å². The molecule has 0 saturated carbocycles. The van der Waals surface area contributed by atoms with Crippen molar-refractivity contribution >= 4 is 23.1 Å². The summed E-state index contributed by atoms with van der Waals surface area (Å²) in [5, 5.41) is 2.72. The number of methoxy groups -OCH3 is 1. The lowest BCUT2D eigenvalue weighted by atomic mass is 9.98. The molecule has 0 aliphatic carbocycles. The standard InChI is InChI=1S/C9H14N2OS2/c1-12-9-11-7(5-14-9)8(10)6-2-3-13-4-6/h5-6,8H,2-4,10H2,1H3. The van der Waals surface area contributed by atoms with E-state index in [-0.39, 0.29) is 6.04 Å². The largest absolute Gasteiger partial charge is 0.473 e. The molecule has 14 heavy (non-hydrogen) atoms. The Balaban J connectivity index is 2.05. The van der Waals surface area contributed by atoms with Gasteiger partial charge in [-0.3, -0.25) is 0 Å². The molecule has 5 heteroatoms. The first-order chi connectivity index (χ1) is 6.81. The highest BCUT2D eigenvalue weighted by atomic mass is 32.2. The molecule has 0 spiro atoms. The first-order valence-electron chi connectivity index (χ1n) is 4.64. The molecule has 2 rings (SSSR count). The number of aromatic nitrogens is 1. The van der Waals surface area contributed by atoms with Crippen molar-refractivity contribution in [2.75, 3.05) is 18.6 Å². The summed E-state index contributed by atoms with van der Waals surface area (Å²) in [6, 6.07) is 0.0881. The number of nitrogens with two attached hydrogens (primary N) is 1. The SMILES string of the molecule is COc1nc(C(N)C2CCSC2)cs1. The molecule has 0 aromatic carbocycles. The summed E-state index contributed by atoms with van der Waals surface area (Å²) in [6.45, 7) is 0. The normalized spacial score (nSPS) is 23.7. The number of nitrogens with zero attached hydrogens (tertiary/aromatic N) is 1. The number of ether oxygens (including phenoxy) is 1. The van der Waals surface area contributed by atoms with Gasteiger partial charge in [0.2, 0.25) is 0 Å². The monoisotopic (exact) mass is 230 g/mol. The Morgan fingerprint density at radius 3 is 3.14 bits per heavy atom. The summed E-state index contributed by atoms with van der Waals surface area (Å²) in [5.74, 6) is 2.99. The third-order valence-corrected chi connectivity index (χ3v) is 4.50. The van der Waals surface area contributed by atoms with Crippen molar-refractivity contribution in [2.24, 2.45) is 11.7 Å². The van der Waals surface area contributed by atoms with Gasteiger partial charge in [-0.05, 0) is 23.8 Å². The van der Waals surface area contributed by atoms with E-state index in [4.69, 9.17) is 10.5 Å². The Kier molecular flexibility index (Phi) is 3.30. The summed E-state index contributed by atoms with van der Waals surface area (Å²) < 4.78 is 5.05. The topological polar surface area (TPSA) is 48.1 Å². The lowest BCUT2D eigenvalue weighted by molar-refractivity contribution is 0.405. The zero-order valence-electron chi connectivity index (χ0n) is 8.10. The molecule has 2 unspecified atom stereocenters. The molecule has 2 atom stereocenters. The fourth-order valence-corrected chi connectivity index (χ4v) is 3.59. The predicted molar refractivity (Wildman–Crippen MR) is 61.0 cm³/mol. The quantitative estimate of drug-likeness (QED) is 0.861. The van der Waals surface area contributed by atoms with E-state index in [1.54, 1.807) is 7.11 Å². The van der Waals surface area contributed by atoms with Crippen LogP contribution in [0.25, 0.3) is 0 Å². The minimum Gasteiger partial charge on any atom is -0.473 e. The summed E-state index contributed by atoms with van der Waals surface area (Å²) in [6.07, 6.45) is 1.21. The van der Waals surface area contributed by atoms with Crippen LogP contribution in [0.1, 0.15) is 18.2 Å². The van der Waals surface area contributed by atoms with Gasteiger partial charge in [0.05, 0.1) is 18.8 Å². The van der Waals surface area contributed by atoms with Crippen molar-refractivity contribution in [1.29, 1.82) is 0 Å². The zero-order chi connectivity index (χ0) is 9.97. The van der Waals surface area contributed by atoms with Gasteiger partial charge in [0.25, 0.3) is 5.19 Å². The van der Waals surface area contributed by atoms with Crippen molar-refractivity contribution in [2.45, 2.75) is 12.5 Å². The lowest BCUT2D eigenvalue weighted by Crippen LogP contribution is -2.21. The summed E-state index contributed by atoms with van der Waals surface area (Å²) in [4.78, 5) is 4.34. The molecule has 0 bridgehead atoms. The highest BCUT2D eigenvalue weighted by molar-refractivity contribution is 7.99. The van der Waals surface area contributed by atoms with Crippen molar-refractivity contribution in [1.82, 2.24) is 4.98 Å². The van der Waals surface area contributed by atoms with Gasteiger partial charge in [0, 0.05) is 5.38 Å². The predicted octanol–water partition coefficient (Wildman–Crippen LogP) is 1.90. The van der Waals surface area contributed by atoms with Crippen LogP contribution in [-0.2, 0) is 0 Å². The maximum absolute atomic E-state index is 6.14. The highest BCUT2D eigenvalue weighted by Crippen LogP contribution is 2.33. The van der Waals surface area contributed by atoms with Crippen LogP contribution >= 0.6 is 23.1 Å². The fourth-order valence-electron chi connectivity index (χ4n) is 1.59. The average Bonchev–Trinajstić information content (AvgIpc) is 2.88. The molecule has 1 aliphatic rings. The van der Waals surface area contributed by atoms with E-state index in [1.165, 1.54) is 29.3 Å². The minimum atomic E-state index is 0.0881. The van der Waals surface area contributed by atoms with E-state index >= 15 is 0 Å². The number of thiazole rings is 1. The molecule has 0 amide bonds. The molecule has 2 N–H and O–H groups in total. The summed E-state index contributed by atoms with van der Waals surface area (Å²) >= 11 is 3.50. The number of thioether (sulfide) groups is 1. The van der Waals surface area contributed by atoms with Crippen LogP contribution in [0, 0.1) is 5.92 Å². The van der Waals surface area contributed by atoms with E-state index < -0.39 is 0 Å². The van der Waals surface area contributed by atoms with E-state index in [0.29, 0.717) is 11.1 Å². The molecular weight excluding hydrogens is 216 g/mol. The molecular formula is C9H14N2OS2. The maximum Gasteiger partial charge on any atom is 0.273 e. The fraction of sp³-hybridized carbons (Fsp3) is 0.667. The van der Waals surface area contributed by atoms with E-state index in [2.05, 4.69) is 4.98 Å². The second-order valence-corrected chi connectivity index (χ2v) is 5.36. The van der Waals surface area contributed by atoms with Gasteiger partial charge >= 0.3 is 0 Å². The van der Waals surface area contributed by atoms with Gasteiger partial charge in [-0.2, -0.15) is 11.8 Å². The lowest BCUT2D eigenvalue weighted by Gasteiger charge is -2.15. The number of hydrogen-bond acceptors (Lipinski definition) is 5. The Morgan fingerprint density at radius 1 is 1.71 bits per heavy atom. The molecule has 1 aromatic heterocycles. The molecule has 1 aliphatic heterocycles. The van der Waals surface area contributed by atoms with E-state index in [0.717, 1.165) is 5.69 Å². The average molecular weight is 230 g/mol. The van der Waals surface area contributed by atoms with Crippen LogP contribution in [-0.4, -0.2) is 23.6 Å². The summed E-state index contributed by atoms with van der Waals surface area (Å²) in [7, 11) is 1.64. The highest BCUT2D eigenvalue weighted by Gasteiger charge is 2.25. The summed E-state index contributed by atoms with van der Waals surface area (Å²) in [5.41, 5.74) is 7.13. The molecule has 1 fully saturated rings.